The van der Waals surface area contributed by atoms with Crippen molar-refractivity contribution < 1.29 is 19.2 Å². The lowest BCUT2D eigenvalue weighted by molar-refractivity contribution is -0.138. The van der Waals surface area contributed by atoms with E-state index in [0.29, 0.717) is 19.0 Å². The standard InChI is InChI=1S/C14H23N3O4/c1-10(2)14-15-12(16-21-14)9-17-6-3-11(4-7-17)20-8-5-13(18)19/h10-11H,3-9H2,1-2H3,(H,18,19). The third-order valence-corrected chi connectivity index (χ3v) is 3.55. The summed E-state index contributed by atoms with van der Waals surface area (Å²) in [5.74, 6) is 0.839. The summed E-state index contributed by atoms with van der Waals surface area (Å²) >= 11 is 0. The van der Waals surface area contributed by atoms with Crippen molar-refractivity contribution >= 4 is 5.97 Å². The Hall–Kier alpha value is -1.47. The molecule has 0 aliphatic carbocycles. The number of nitrogens with zero attached hydrogens (tertiary/aromatic N) is 3. The topological polar surface area (TPSA) is 88.7 Å². The van der Waals surface area contributed by atoms with Crippen molar-refractivity contribution in [2.75, 3.05) is 19.7 Å². The van der Waals surface area contributed by atoms with Crippen LogP contribution in [-0.2, 0) is 16.1 Å². The molecule has 0 spiro atoms. The lowest BCUT2D eigenvalue weighted by Gasteiger charge is -2.30. The fourth-order valence-electron chi connectivity index (χ4n) is 2.31. The molecule has 1 saturated heterocycles. The molecule has 1 aromatic rings. The Morgan fingerprint density at radius 3 is 2.76 bits per heavy atom. The highest BCUT2D eigenvalue weighted by molar-refractivity contribution is 5.66. The maximum Gasteiger partial charge on any atom is 0.305 e. The van der Waals surface area contributed by atoms with Gasteiger partial charge in [0.25, 0.3) is 0 Å². The summed E-state index contributed by atoms with van der Waals surface area (Å²) in [5.41, 5.74) is 0. The average molecular weight is 297 g/mol. The zero-order valence-electron chi connectivity index (χ0n) is 12.6. The van der Waals surface area contributed by atoms with Gasteiger partial charge in [-0.3, -0.25) is 9.69 Å². The number of aromatic nitrogens is 2. The van der Waals surface area contributed by atoms with E-state index in [1.165, 1.54) is 0 Å². The molecule has 1 aromatic heterocycles. The van der Waals surface area contributed by atoms with E-state index in [0.717, 1.165) is 31.8 Å². The molecule has 0 saturated carbocycles. The molecule has 2 heterocycles. The van der Waals surface area contributed by atoms with E-state index in [9.17, 15) is 4.79 Å². The number of aliphatic carboxylic acids is 1. The van der Waals surface area contributed by atoms with Crippen LogP contribution >= 0.6 is 0 Å². The van der Waals surface area contributed by atoms with Crippen LogP contribution in [0.1, 0.15) is 50.7 Å². The quantitative estimate of drug-likeness (QED) is 0.818. The zero-order chi connectivity index (χ0) is 15.2. The largest absolute Gasteiger partial charge is 0.481 e. The fourth-order valence-corrected chi connectivity index (χ4v) is 2.31. The van der Waals surface area contributed by atoms with Gasteiger partial charge in [-0.05, 0) is 12.8 Å². The minimum atomic E-state index is -0.814. The molecule has 7 heteroatoms. The minimum Gasteiger partial charge on any atom is -0.481 e. The van der Waals surface area contributed by atoms with Crippen LogP contribution in [0.5, 0.6) is 0 Å². The summed E-state index contributed by atoms with van der Waals surface area (Å²) in [6.45, 7) is 6.85. The first-order chi connectivity index (χ1) is 10.0. The van der Waals surface area contributed by atoms with Crippen molar-refractivity contribution in [3.05, 3.63) is 11.7 Å². The Labute approximate surface area is 124 Å². The molecule has 1 fully saturated rings. The molecule has 118 valence electrons. The van der Waals surface area contributed by atoms with Gasteiger partial charge in [-0.2, -0.15) is 4.98 Å². The highest BCUT2D eigenvalue weighted by Gasteiger charge is 2.21. The van der Waals surface area contributed by atoms with E-state index < -0.39 is 5.97 Å². The first kappa shape index (κ1) is 15.9. The van der Waals surface area contributed by atoms with Crippen LogP contribution in [0.3, 0.4) is 0 Å². The Kier molecular flexibility index (Phi) is 5.69. The van der Waals surface area contributed by atoms with Gasteiger partial charge in [0.05, 0.1) is 25.7 Å². The number of hydrogen-bond acceptors (Lipinski definition) is 6. The van der Waals surface area contributed by atoms with Crippen LogP contribution in [0.4, 0.5) is 0 Å². The van der Waals surface area contributed by atoms with Crippen molar-refractivity contribution in [1.82, 2.24) is 15.0 Å². The van der Waals surface area contributed by atoms with Crippen LogP contribution in [-0.4, -0.2) is 51.9 Å². The maximum atomic E-state index is 10.4. The van der Waals surface area contributed by atoms with Gasteiger partial charge in [0.2, 0.25) is 5.89 Å². The number of likely N-dealkylation sites (tertiary alicyclic amines) is 1. The molecular formula is C14H23N3O4. The number of carboxylic acids is 1. The normalized spacial score (nSPS) is 17.5. The smallest absolute Gasteiger partial charge is 0.305 e. The van der Waals surface area contributed by atoms with E-state index in [4.69, 9.17) is 14.4 Å². The molecule has 2 rings (SSSR count). The van der Waals surface area contributed by atoms with Gasteiger partial charge < -0.3 is 14.4 Å². The van der Waals surface area contributed by atoms with Gasteiger partial charge in [0.1, 0.15) is 0 Å². The number of ether oxygens (including phenoxy) is 1. The van der Waals surface area contributed by atoms with Crippen molar-refractivity contribution in [1.29, 1.82) is 0 Å². The predicted octanol–water partition coefficient (Wildman–Crippen LogP) is 1.65. The lowest BCUT2D eigenvalue weighted by Crippen LogP contribution is -2.37. The minimum absolute atomic E-state index is 0.0705. The van der Waals surface area contributed by atoms with Crippen LogP contribution < -0.4 is 0 Å². The second-order valence-corrected chi connectivity index (χ2v) is 5.69. The highest BCUT2D eigenvalue weighted by atomic mass is 16.5. The van der Waals surface area contributed by atoms with Gasteiger partial charge in [0.15, 0.2) is 5.82 Å². The second kappa shape index (κ2) is 7.51. The summed E-state index contributed by atoms with van der Waals surface area (Å²) < 4.78 is 10.8. The number of piperidine rings is 1. The van der Waals surface area contributed by atoms with E-state index in [2.05, 4.69) is 15.0 Å². The monoisotopic (exact) mass is 297 g/mol. The van der Waals surface area contributed by atoms with Gasteiger partial charge in [-0.25, -0.2) is 0 Å². The third-order valence-electron chi connectivity index (χ3n) is 3.55. The van der Waals surface area contributed by atoms with Gasteiger partial charge in [-0.1, -0.05) is 19.0 Å². The lowest BCUT2D eigenvalue weighted by atomic mass is 10.1. The van der Waals surface area contributed by atoms with Crippen molar-refractivity contribution in [3.8, 4) is 0 Å². The Balaban J connectivity index is 1.69. The van der Waals surface area contributed by atoms with Gasteiger partial charge in [0, 0.05) is 19.0 Å². The molecule has 7 nitrogen and oxygen atoms in total. The van der Waals surface area contributed by atoms with Crippen molar-refractivity contribution in [2.24, 2.45) is 0 Å². The van der Waals surface area contributed by atoms with E-state index in [1.807, 2.05) is 13.8 Å². The van der Waals surface area contributed by atoms with Crippen LogP contribution in [0.25, 0.3) is 0 Å². The van der Waals surface area contributed by atoms with Crippen LogP contribution in [0.15, 0.2) is 4.52 Å². The first-order valence-corrected chi connectivity index (χ1v) is 7.43. The Bertz CT molecular complexity index is 453. The second-order valence-electron chi connectivity index (χ2n) is 5.69. The number of carbonyl (C=O) groups is 1. The third kappa shape index (κ3) is 5.09. The maximum absolute atomic E-state index is 10.4. The summed E-state index contributed by atoms with van der Waals surface area (Å²) in [5, 5.41) is 12.6. The summed E-state index contributed by atoms with van der Waals surface area (Å²) in [4.78, 5) is 17.1. The average Bonchev–Trinajstić information content (AvgIpc) is 2.89. The SMILES string of the molecule is CC(C)c1nc(CN2CCC(OCCC(=O)O)CC2)no1. The van der Waals surface area contributed by atoms with Crippen LogP contribution in [0, 0.1) is 0 Å². The zero-order valence-corrected chi connectivity index (χ0v) is 12.6. The first-order valence-electron chi connectivity index (χ1n) is 7.43. The summed E-state index contributed by atoms with van der Waals surface area (Å²) in [6.07, 6.45) is 2.06. The van der Waals surface area contributed by atoms with E-state index in [1.54, 1.807) is 0 Å². The molecule has 1 aliphatic heterocycles. The molecule has 0 unspecified atom stereocenters. The predicted molar refractivity (Wildman–Crippen MR) is 74.9 cm³/mol. The number of carboxylic acid groups (broad SMARTS) is 1. The summed E-state index contributed by atoms with van der Waals surface area (Å²) in [6, 6.07) is 0. The molecule has 0 atom stereocenters. The molecule has 1 aliphatic rings. The Morgan fingerprint density at radius 1 is 1.48 bits per heavy atom. The van der Waals surface area contributed by atoms with Gasteiger partial charge >= 0.3 is 5.97 Å². The van der Waals surface area contributed by atoms with Crippen LogP contribution in [0.2, 0.25) is 0 Å². The van der Waals surface area contributed by atoms with E-state index in [-0.39, 0.29) is 18.4 Å². The summed E-state index contributed by atoms with van der Waals surface area (Å²) in [7, 11) is 0. The molecule has 21 heavy (non-hydrogen) atoms. The molecule has 0 aromatic carbocycles. The molecule has 1 N–H and O–H groups in total. The highest BCUT2D eigenvalue weighted by Crippen LogP contribution is 2.17. The molecular weight excluding hydrogens is 274 g/mol. The molecule has 0 radical (unpaired) electrons. The van der Waals surface area contributed by atoms with Gasteiger partial charge in [-0.15, -0.1) is 0 Å². The number of hydrogen-bond donors (Lipinski definition) is 1. The molecule has 0 amide bonds. The molecule has 0 bridgehead atoms. The fraction of sp³-hybridized carbons (Fsp3) is 0.786. The van der Waals surface area contributed by atoms with E-state index >= 15 is 0 Å². The number of rotatable bonds is 7. The van der Waals surface area contributed by atoms with Crippen molar-refractivity contribution in [2.45, 2.75) is 51.7 Å². The van der Waals surface area contributed by atoms with Crippen molar-refractivity contribution in [3.63, 3.8) is 0 Å². The Morgan fingerprint density at radius 2 is 2.19 bits per heavy atom.